The number of hydrogen-bond acceptors (Lipinski definition) is 3. The molecule has 2 aromatic rings. The van der Waals surface area contributed by atoms with Crippen LogP contribution in [0.1, 0.15) is 11.6 Å². The van der Waals surface area contributed by atoms with Crippen molar-refractivity contribution in [1.82, 2.24) is 15.2 Å². The molecule has 1 fully saturated rings. The van der Waals surface area contributed by atoms with Crippen LogP contribution in [0.4, 0.5) is 10.6 Å². The lowest BCUT2D eigenvalue weighted by atomic mass is 10.0. The van der Waals surface area contributed by atoms with Gasteiger partial charge in [0.15, 0.2) is 0 Å². The zero-order chi connectivity index (χ0) is 16.2. The number of halogens is 1. The minimum atomic E-state index is -0.763. The van der Waals surface area contributed by atoms with E-state index >= 15 is 0 Å². The first-order valence-corrected chi connectivity index (χ1v) is 7.55. The van der Waals surface area contributed by atoms with E-state index in [9.17, 15) is 9.59 Å². The molecule has 2 heterocycles. The maximum atomic E-state index is 12.6. The number of amides is 3. The lowest BCUT2D eigenvalue weighted by molar-refractivity contribution is -0.127. The largest absolute Gasteiger partial charge is 0.352 e. The number of piperazine rings is 1. The number of hydrogen-bond donors (Lipinski definition) is 2. The molecule has 6 nitrogen and oxygen atoms in total. The molecule has 1 atom stereocenters. The van der Waals surface area contributed by atoms with E-state index in [0.29, 0.717) is 29.5 Å². The quantitative estimate of drug-likeness (QED) is 0.888. The third kappa shape index (κ3) is 3.27. The van der Waals surface area contributed by atoms with Crippen LogP contribution < -0.4 is 10.6 Å². The summed E-state index contributed by atoms with van der Waals surface area (Å²) in [5.41, 5.74) is 0.600. The van der Waals surface area contributed by atoms with E-state index < -0.39 is 6.04 Å². The van der Waals surface area contributed by atoms with Gasteiger partial charge in [-0.2, -0.15) is 0 Å². The first-order valence-electron chi connectivity index (χ1n) is 7.17. The number of urea groups is 1. The van der Waals surface area contributed by atoms with E-state index in [4.69, 9.17) is 11.6 Å². The molecule has 118 valence electrons. The molecule has 7 heteroatoms. The number of benzene rings is 1. The smallest absolute Gasteiger partial charge is 0.324 e. The van der Waals surface area contributed by atoms with Gasteiger partial charge in [-0.3, -0.25) is 10.1 Å². The Bertz CT molecular complexity index is 723. The van der Waals surface area contributed by atoms with E-state index in [-0.39, 0.29) is 11.9 Å². The van der Waals surface area contributed by atoms with Crippen molar-refractivity contribution < 1.29 is 9.59 Å². The van der Waals surface area contributed by atoms with Gasteiger partial charge in [0.25, 0.3) is 0 Å². The third-order valence-corrected chi connectivity index (χ3v) is 3.92. The van der Waals surface area contributed by atoms with Crippen molar-refractivity contribution >= 4 is 29.4 Å². The Labute approximate surface area is 138 Å². The first-order chi connectivity index (χ1) is 11.2. The van der Waals surface area contributed by atoms with Crippen molar-refractivity contribution in [3.8, 4) is 0 Å². The fourth-order valence-electron chi connectivity index (χ4n) is 2.51. The molecule has 3 amide bonds. The Hall–Kier alpha value is -2.60. The summed E-state index contributed by atoms with van der Waals surface area (Å²) >= 11 is 6.20. The van der Waals surface area contributed by atoms with Gasteiger partial charge in [0.05, 0.1) is 0 Å². The van der Waals surface area contributed by atoms with Gasteiger partial charge in [0.1, 0.15) is 11.9 Å². The highest BCUT2D eigenvalue weighted by atomic mass is 35.5. The number of carbonyl (C=O) groups excluding carboxylic acids is 2. The Morgan fingerprint density at radius 1 is 1.26 bits per heavy atom. The number of rotatable bonds is 2. The Morgan fingerprint density at radius 2 is 2.04 bits per heavy atom. The first kappa shape index (κ1) is 15.3. The highest BCUT2D eigenvalue weighted by Crippen LogP contribution is 2.29. The van der Waals surface area contributed by atoms with Gasteiger partial charge in [-0.1, -0.05) is 35.9 Å². The summed E-state index contributed by atoms with van der Waals surface area (Å²) in [7, 11) is 0. The molecule has 0 unspecified atom stereocenters. The molecule has 2 N–H and O–H groups in total. The average molecular weight is 331 g/mol. The number of carbonyl (C=O) groups is 2. The van der Waals surface area contributed by atoms with Gasteiger partial charge in [-0.15, -0.1) is 0 Å². The Morgan fingerprint density at radius 3 is 2.78 bits per heavy atom. The number of nitrogens with zero attached hydrogens (tertiary/aromatic N) is 2. The molecule has 1 aliphatic heterocycles. The van der Waals surface area contributed by atoms with Crippen molar-refractivity contribution in [1.29, 1.82) is 0 Å². The molecule has 3 rings (SSSR count). The molecule has 0 spiro atoms. The van der Waals surface area contributed by atoms with Gasteiger partial charge in [0, 0.05) is 29.9 Å². The highest BCUT2D eigenvalue weighted by molar-refractivity contribution is 6.31. The minimum absolute atomic E-state index is 0.250. The van der Waals surface area contributed by atoms with Gasteiger partial charge in [-0.25, -0.2) is 9.78 Å². The van der Waals surface area contributed by atoms with Crippen molar-refractivity contribution in [3.63, 3.8) is 0 Å². The number of pyridine rings is 1. The highest BCUT2D eigenvalue weighted by Gasteiger charge is 2.35. The van der Waals surface area contributed by atoms with Crippen molar-refractivity contribution in [2.24, 2.45) is 0 Å². The van der Waals surface area contributed by atoms with E-state index in [0.717, 1.165) is 0 Å². The molecule has 0 aliphatic carbocycles. The van der Waals surface area contributed by atoms with Gasteiger partial charge in [-0.05, 0) is 18.2 Å². The number of anilines is 1. The summed E-state index contributed by atoms with van der Waals surface area (Å²) in [5.74, 6) is 0.182. The Kier molecular flexibility index (Phi) is 4.43. The molecular formula is C16H15ClN4O2. The summed E-state index contributed by atoms with van der Waals surface area (Å²) in [6, 6.07) is 11.1. The second-order valence-electron chi connectivity index (χ2n) is 5.05. The summed E-state index contributed by atoms with van der Waals surface area (Å²) in [6.07, 6.45) is 1.59. The fourth-order valence-corrected chi connectivity index (χ4v) is 2.75. The van der Waals surface area contributed by atoms with Crippen LogP contribution in [0.3, 0.4) is 0 Å². The second-order valence-corrected chi connectivity index (χ2v) is 5.46. The molecule has 1 aromatic heterocycles. The van der Waals surface area contributed by atoms with E-state index in [1.54, 1.807) is 48.7 Å². The van der Waals surface area contributed by atoms with Crippen molar-refractivity contribution in [2.75, 3.05) is 18.4 Å². The van der Waals surface area contributed by atoms with Crippen LogP contribution in [-0.2, 0) is 4.79 Å². The molecule has 1 aromatic carbocycles. The summed E-state index contributed by atoms with van der Waals surface area (Å²) in [5, 5.41) is 5.93. The van der Waals surface area contributed by atoms with Crippen LogP contribution in [-0.4, -0.2) is 34.9 Å². The van der Waals surface area contributed by atoms with Crippen LogP contribution in [0.25, 0.3) is 0 Å². The minimum Gasteiger partial charge on any atom is -0.352 e. The summed E-state index contributed by atoms with van der Waals surface area (Å²) < 4.78 is 0. The van der Waals surface area contributed by atoms with Crippen LogP contribution >= 0.6 is 11.6 Å². The molecule has 0 saturated carbocycles. The predicted molar refractivity (Wildman–Crippen MR) is 87.2 cm³/mol. The molecule has 23 heavy (non-hydrogen) atoms. The zero-order valence-corrected chi connectivity index (χ0v) is 13.0. The topological polar surface area (TPSA) is 74.3 Å². The van der Waals surface area contributed by atoms with Gasteiger partial charge < -0.3 is 10.2 Å². The third-order valence-electron chi connectivity index (χ3n) is 3.57. The standard InChI is InChI=1S/C16H15ClN4O2/c17-12-6-2-1-5-11(12)14-15(22)19-9-10-21(14)16(23)20-13-7-3-4-8-18-13/h1-8,14H,9-10H2,(H,19,22)(H,18,20,23)/t14-/m0/s1. The lowest BCUT2D eigenvalue weighted by Crippen LogP contribution is -2.53. The maximum absolute atomic E-state index is 12.6. The Balaban J connectivity index is 1.88. The predicted octanol–water partition coefficient (Wildman–Crippen LogP) is 2.44. The second kappa shape index (κ2) is 6.66. The average Bonchev–Trinajstić information content (AvgIpc) is 2.56. The summed E-state index contributed by atoms with van der Waals surface area (Å²) in [4.78, 5) is 30.4. The molecule has 0 radical (unpaired) electrons. The van der Waals surface area contributed by atoms with E-state index in [2.05, 4.69) is 15.6 Å². The molecule has 1 aliphatic rings. The number of aromatic nitrogens is 1. The molecular weight excluding hydrogens is 316 g/mol. The fraction of sp³-hybridized carbons (Fsp3) is 0.188. The van der Waals surface area contributed by atoms with Crippen LogP contribution in [0.15, 0.2) is 48.7 Å². The van der Waals surface area contributed by atoms with Crippen LogP contribution in [0.5, 0.6) is 0 Å². The molecule has 0 bridgehead atoms. The SMILES string of the molecule is O=C1NCCN(C(=O)Nc2ccccn2)[C@H]1c1ccccc1Cl. The monoisotopic (exact) mass is 330 g/mol. The van der Waals surface area contributed by atoms with Crippen molar-refractivity contribution in [2.45, 2.75) is 6.04 Å². The van der Waals surface area contributed by atoms with Crippen LogP contribution in [0, 0.1) is 0 Å². The number of nitrogens with one attached hydrogen (secondary N) is 2. The maximum Gasteiger partial charge on any atom is 0.324 e. The summed E-state index contributed by atoms with van der Waals surface area (Å²) in [6.45, 7) is 0.787. The lowest BCUT2D eigenvalue weighted by Gasteiger charge is -2.35. The van der Waals surface area contributed by atoms with Gasteiger partial charge in [0.2, 0.25) is 5.91 Å². The molecule has 1 saturated heterocycles. The van der Waals surface area contributed by atoms with Gasteiger partial charge >= 0.3 is 6.03 Å². The zero-order valence-electron chi connectivity index (χ0n) is 12.2. The van der Waals surface area contributed by atoms with Crippen molar-refractivity contribution in [3.05, 3.63) is 59.2 Å². The van der Waals surface area contributed by atoms with Crippen LogP contribution in [0.2, 0.25) is 5.02 Å². The normalized spacial score (nSPS) is 17.5. The van der Waals surface area contributed by atoms with E-state index in [1.807, 2.05) is 0 Å². The van der Waals surface area contributed by atoms with E-state index in [1.165, 1.54) is 4.90 Å².